The first-order valence-electron chi connectivity index (χ1n) is 7.49. The van der Waals surface area contributed by atoms with Gasteiger partial charge in [0.15, 0.2) is 0 Å². The van der Waals surface area contributed by atoms with Crippen molar-refractivity contribution in [1.29, 1.82) is 0 Å². The van der Waals surface area contributed by atoms with Crippen LogP contribution in [0, 0.1) is 0 Å². The molecule has 5 heteroatoms. The highest BCUT2D eigenvalue weighted by atomic mass is 35.5. The first-order chi connectivity index (χ1) is 11.1. The van der Waals surface area contributed by atoms with Crippen molar-refractivity contribution in [1.82, 2.24) is 5.43 Å². The lowest BCUT2D eigenvalue weighted by Gasteiger charge is -2.07. The number of hydrazone groups is 1. The SMILES string of the molecule is CCCC/C(=N\NC(=O)c1ccc(Cl)c(Cl)c1)c1ccccc1. The quantitative estimate of drug-likeness (QED) is 0.557. The Labute approximate surface area is 146 Å². The summed E-state index contributed by atoms with van der Waals surface area (Å²) >= 11 is 11.8. The van der Waals surface area contributed by atoms with Crippen molar-refractivity contribution >= 4 is 34.8 Å². The molecule has 0 saturated heterocycles. The number of nitrogens with zero attached hydrogens (tertiary/aromatic N) is 1. The fourth-order valence-corrected chi connectivity index (χ4v) is 2.36. The van der Waals surface area contributed by atoms with E-state index in [0.29, 0.717) is 15.6 Å². The molecule has 1 amide bonds. The van der Waals surface area contributed by atoms with Crippen LogP contribution in [0.3, 0.4) is 0 Å². The molecule has 0 saturated carbocycles. The zero-order valence-electron chi connectivity index (χ0n) is 12.9. The van der Waals surface area contributed by atoms with Crippen LogP contribution in [0.4, 0.5) is 0 Å². The maximum atomic E-state index is 12.2. The molecule has 2 aromatic carbocycles. The first kappa shape index (κ1) is 17.5. The first-order valence-corrected chi connectivity index (χ1v) is 8.24. The van der Waals surface area contributed by atoms with Gasteiger partial charge < -0.3 is 0 Å². The van der Waals surface area contributed by atoms with Gasteiger partial charge in [0.25, 0.3) is 5.91 Å². The van der Waals surface area contributed by atoms with Crippen molar-refractivity contribution in [2.24, 2.45) is 5.10 Å². The minimum absolute atomic E-state index is 0.312. The third-order valence-corrected chi connectivity index (χ3v) is 4.09. The number of halogens is 2. The highest BCUT2D eigenvalue weighted by molar-refractivity contribution is 6.42. The van der Waals surface area contributed by atoms with Crippen molar-refractivity contribution in [2.75, 3.05) is 0 Å². The normalized spacial score (nSPS) is 11.3. The van der Waals surface area contributed by atoms with Crippen LogP contribution < -0.4 is 5.43 Å². The molecular weight excluding hydrogens is 331 g/mol. The molecule has 2 aromatic rings. The van der Waals surface area contributed by atoms with Crippen LogP contribution >= 0.6 is 23.2 Å². The highest BCUT2D eigenvalue weighted by Gasteiger charge is 2.09. The number of benzene rings is 2. The van der Waals surface area contributed by atoms with Gasteiger partial charge in [-0.25, -0.2) is 5.43 Å². The number of unbranched alkanes of at least 4 members (excludes halogenated alkanes) is 1. The third-order valence-electron chi connectivity index (χ3n) is 3.35. The Morgan fingerprint density at radius 3 is 2.43 bits per heavy atom. The second-order valence-electron chi connectivity index (χ2n) is 5.10. The van der Waals surface area contributed by atoms with Crippen LogP contribution in [0.15, 0.2) is 53.6 Å². The lowest BCUT2D eigenvalue weighted by molar-refractivity contribution is 0.0955. The molecule has 0 atom stereocenters. The number of rotatable bonds is 6. The molecule has 0 aliphatic rings. The van der Waals surface area contributed by atoms with E-state index in [4.69, 9.17) is 23.2 Å². The number of carbonyl (C=O) groups excluding carboxylic acids is 1. The molecule has 0 spiro atoms. The molecule has 0 bridgehead atoms. The summed E-state index contributed by atoms with van der Waals surface area (Å²) < 4.78 is 0. The zero-order chi connectivity index (χ0) is 16.7. The molecule has 0 fully saturated rings. The van der Waals surface area contributed by atoms with E-state index in [1.54, 1.807) is 12.1 Å². The fraction of sp³-hybridized carbons (Fsp3) is 0.222. The Morgan fingerprint density at radius 1 is 1.04 bits per heavy atom. The summed E-state index contributed by atoms with van der Waals surface area (Å²) in [6, 6.07) is 14.6. The van der Waals surface area contributed by atoms with E-state index in [9.17, 15) is 4.79 Å². The fourth-order valence-electron chi connectivity index (χ4n) is 2.06. The molecule has 23 heavy (non-hydrogen) atoms. The van der Waals surface area contributed by atoms with E-state index in [0.717, 1.165) is 30.5 Å². The predicted molar refractivity (Wildman–Crippen MR) is 96.4 cm³/mol. The van der Waals surface area contributed by atoms with Gasteiger partial charge in [-0.3, -0.25) is 4.79 Å². The lowest BCUT2D eigenvalue weighted by Crippen LogP contribution is -2.20. The minimum Gasteiger partial charge on any atom is -0.267 e. The lowest BCUT2D eigenvalue weighted by atomic mass is 10.1. The Balaban J connectivity index is 2.15. The molecule has 120 valence electrons. The van der Waals surface area contributed by atoms with Crippen LogP contribution in [-0.2, 0) is 0 Å². The summed E-state index contributed by atoms with van der Waals surface area (Å²) in [5.41, 5.74) is 4.89. The Morgan fingerprint density at radius 2 is 1.78 bits per heavy atom. The molecule has 0 aliphatic carbocycles. The second kappa shape index (κ2) is 8.70. The largest absolute Gasteiger partial charge is 0.271 e. The Bertz CT molecular complexity index is 699. The number of amides is 1. The average molecular weight is 349 g/mol. The van der Waals surface area contributed by atoms with Crippen molar-refractivity contribution in [2.45, 2.75) is 26.2 Å². The maximum Gasteiger partial charge on any atom is 0.271 e. The van der Waals surface area contributed by atoms with Gasteiger partial charge >= 0.3 is 0 Å². The monoisotopic (exact) mass is 348 g/mol. The third kappa shape index (κ3) is 5.08. The van der Waals surface area contributed by atoms with Gasteiger partial charge in [-0.15, -0.1) is 0 Å². The summed E-state index contributed by atoms with van der Waals surface area (Å²) in [5.74, 6) is -0.312. The van der Waals surface area contributed by atoms with E-state index in [-0.39, 0.29) is 5.91 Å². The average Bonchev–Trinajstić information content (AvgIpc) is 2.58. The molecule has 2 rings (SSSR count). The van der Waals surface area contributed by atoms with Crippen molar-refractivity contribution in [3.05, 3.63) is 69.7 Å². The zero-order valence-corrected chi connectivity index (χ0v) is 14.4. The van der Waals surface area contributed by atoms with Gasteiger partial charge in [-0.05, 0) is 36.6 Å². The molecule has 1 N–H and O–H groups in total. The molecule has 3 nitrogen and oxygen atoms in total. The summed E-state index contributed by atoms with van der Waals surface area (Å²) in [4.78, 5) is 12.2. The molecule has 0 aromatic heterocycles. The number of hydrogen-bond acceptors (Lipinski definition) is 2. The van der Waals surface area contributed by atoms with E-state index >= 15 is 0 Å². The number of hydrogen-bond donors (Lipinski definition) is 1. The van der Waals surface area contributed by atoms with Gasteiger partial charge in [0.05, 0.1) is 15.8 Å². The Hall–Kier alpha value is -1.84. The van der Waals surface area contributed by atoms with Gasteiger partial charge in [-0.2, -0.15) is 5.10 Å². The van der Waals surface area contributed by atoms with Gasteiger partial charge in [0.1, 0.15) is 0 Å². The van der Waals surface area contributed by atoms with E-state index in [2.05, 4.69) is 17.5 Å². The highest BCUT2D eigenvalue weighted by Crippen LogP contribution is 2.22. The molecule has 0 aliphatic heterocycles. The van der Waals surface area contributed by atoms with Crippen molar-refractivity contribution < 1.29 is 4.79 Å². The van der Waals surface area contributed by atoms with Crippen LogP contribution in [0.1, 0.15) is 42.1 Å². The molecule has 0 radical (unpaired) electrons. The summed E-state index contributed by atoms with van der Waals surface area (Å²) in [7, 11) is 0. The van der Waals surface area contributed by atoms with Crippen molar-refractivity contribution in [3.8, 4) is 0 Å². The minimum atomic E-state index is -0.312. The van der Waals surface area contributed by atoms with Crippen LogP contribution in [-0.4, -0.2) is 11.6 Å². The van der Waals surface area contributed by atoms with E-state index in [1.165, 1.54) is 6.07 Å². The number of nitrogens with one attached hydrogen (secondary N) is 1. The predicted octanol–water partition coefficient (Wildman–Crippen LogP) is 5.32. The van der Waals surface area contributed by atoms with Crippen molar-refractivity contribution in [3.63, 3.8) is 0 Å². The second-order valence-corrected chi connectivity index (χ2v) is 5.91. The molecule has 0 unspecified atom stereocenters. The van der Waals surface area contributed by atoms with Gasteiger partial charge in [0, 0.05) is 5.56 Å². The summed E-state index contributed by atoms with van der Waals surface area (Å²) in [5, 5.41) is 5.06. The summed E-state index contributed by atoms with van der Waals surface area (Å²) in [6.07, 6.45) is 2.88. The molecular formula is C18H18Cl2N2O. The Kier molecular flexibility index (Phi) is 6.63. The molecule has 0 heterocycles. The topological polar surface area (TPSA) is 41.5 Å². The van der Waals surface area contributed by atoms with E-state index < -0.39 is 0 Å². The van der Waals surface area contributed by atoms with Crippen LogP contribution in [0.5, 0.6) is 0 Å². The van der Waals surface area contributed by atoms with Gasteiger partial charge in [0.2, 0.25) is 0 Å². The van der Waals surface area contributed by atoms with Gasteiger partial charge in [-0.1, -0.05) is 66.9 Å². The van der Waals surface area contributed by atoms with Crippen LogP contribution in [0.2, 0.25) is 10.0 Å². The van der Waals surface area contributed by atoms with Crippen LogP contribution in [0.25, 0.3) is 0 Å². The standard InChI is InChI=1S/C18H18Cl2N2O/c1-2-3-9-17(13-7-5-4-6-8-13)21-22-18(23)14-10-11-15(19)16(20)12-14/h4-8,10-12H,2-3,9H2,1H3,(H,22,23)/b21-17+. The maximum absolute atomic E-state index is 12.2. The van der Waals surface area contributed by atoms with E-state index in [1.807, 2.05) is 30.3 Å². The number of carbonyl (C=O) groups is 1. The smallest absolute Gasteiger partial charge is 0.267 e. The summed E-state index contributed by atoms with van der Waals surface area (Å²) in [6.45, 7) is 2.12.